The van der Waals surface area contributed by atoms with E-state index in [9.17, 15) is 4.79 Å². The van der Waals surface area contributed by atoms with Gasteiger partial charge in [0.1, 0.15) is 12.6 Å². The number of anilines is 1. The lowest BCUT2D eigenvalue weighted by molar-refractivity contribution is -0.116. The highest BCUT2D eigenvalue weighted by atomic mass is 35.5. The van der Waals surface area contributed by atoms with Gasteiger partial charge in [0.2, 0.25) is 11.1 Å². The predicted octanol–water partition coefficient (Wildman–Crippen LogP) is 6.70. The van der Waals surface area contributed by atoms with Crippen molar-refractivity contribution in [3.05, 3.63) is 68.8 Å². The number of carbonyl (C=O) groups excluding carboxylic acids is 1. The number of carbonyl (C=O) groups is 1. The molecule has 2 aliphatic rings. The highest BCUT2D eigenvalue weighted by Crippen LogP contribution is 2.42. The minimum atomic E-state index is -0.383. The number of ether oxygens (including phenoxy) is 2. The average molecular weight is 545 g/mol. The first kappa shape index (κ1) is 25.0. The summed E-state index contributed by atoms with van der Waals surface area (Å²) in [6.07, 6.45) is 2.17. The van der Waals surface area contributed by atoms with Crippen LogP contribution in [0, 0.1) is 0 Å². The van der Waals surface area contributed by atoms with Crippen LogP contribution in [0.3, 0.4) is 0 Å². The lowest BCUT2D eigenvalue weighted by Gasteiger charge is -2.32. The van der Waals surface area contributed by atoms with Crippen LogP contribution in [0.4, 0.5) is 5.95 Å². The van der Waals surface area contributed by atoms with Gasteiger partial charge in [-0.15, -0.1) is 5.10 Å². The molecule has 10 heteroatoms. The molecule has 5 rings (SSSR count). The first-order valence-electron chi connectivity index (χ1n) is 11.9. The van der Waals surface area contributed by atoms with E-state index < -0.39 is 0 Å². The molecule has 1 atom stereocenters. The molecule has 3 aromatic rings. The van der Waals surface area contributed by atoms with Crippen molar-refractivity contribution in [2.45, 2.75) is 50.9 Å². The molecular formula is C26H26Cl2N4O3S. The average Bonchev–Trinajstić information content (AvgIpc) is 3.26. The third kappa shape index (κ3) is 4.94. The molecule has 0 amide bonds. The molecule has 0 bridgehead atoms. The number of rotatable bonds is 8. The molecule has 2 heterocycles. The van der Waals surface area contributed by atoms with Crippen molar-refractivity contribution in [1.29, 1.82) is 0 Å². The van der Waals surface area contributed by atoms with Crippen molar-refractivity contribution in [2.75, 3.05) is 17.7 Å². The minimum absolute atomic E-state index is 0.137. The van der Waals surface area contributed by atoms with Gasteiger partial charge in [0.15, 0.2) is 17.3 Å². The zero-order valence-electron chi connectivity index (χ0n) is 20.0. The number of fused-ring (bicyclic) bond motifs is 1. The molecule has 1 aliphatic heterocycles. The number of benzene rings is 2. The molecule has 0 radical (unpaired) electrons. The SMILES string of the molecule is CCOc1cc(C2C3=C(CCCC3=O)Nc3nc(SCC)nn32)ccc1OCc1ccc(Cl)c(Cl)c1. The molecule has 2 aromatic carbocycles. The standard InChI is InChI=1S/C26H26Cl2N4O3S/c1-3-34-22-13-16(9-11-21(22)35-14-15-8-10-17(27)18(28)12-15)24-23-19(6-5-7-20(23)33)29-25-30-26(36-4-2)31-32(24)25/h8-13,24H,3-7,14H2,1-2H3,(H,29,30,31). The van der Waals surface area contributed by atoms with Gasteiger partial charge in [0.05, 0.1) is 16.7 Å². The fraction of sp³-hybridized carbons (Fsp3) is 0.346. The summed E-state index contributed by atoms with van der Waals surface area (Å²) in [6, 6.07) is 10.8. The van der Waals surface area contributed by atoms with Gasteiger partial charge in [-0.1, -0.05) is 54.0 Å². The quantitative estimate of drug-likeness (QED) is 0.316. The number of aromatic nitrogens is 3. The highest BCUT2D eigenvalue weighted by molar-refractivity contribution is 7.99. The van der Waals surface area contributed by atoms with E-state index in [2.05, 4.69) is 17.2 Å². The van der Waals surface area contributed by atoms with Gasteiger partial charge in [0.25, 0.3) is 0 Å². The third-order valence-corrected chi connectivity index (χ3v) is 7.54. The van der Waals surface area contributed by atoms with Crippen molar-refractivity contribution >= 4 is 46.7 Å². The lowest BCUT2D eigenvalue weighted by atomic mass is 9.85. The number of hydrogen-bond acceptors (Lipinski definition) is 7. The number of nitrogens with zero attached hydrogens (tertiary/aromatic N) is 3. The highest BCUT2D eigenvalue weighted by Gasteiger charge is 2.37. The number of nitrogens with one attached hydrogen (secondary N) is 1. The van der Waals surface area contributed by atoms with Crippen molar-refractivity contribution in [3.63, 3.8) is 0 Å². The summed E-state index contributed by atoms with van der Waals surface area (Å²) in [5, 5.41) is 9.77. The molecule has 36 heavy (non-hydrogen) atoms. The molecule has 1 aromatic heterocycles. The lowest BCUT2D eigenvalue weighted by Crippen LogP contribution is -2.31. The maximum atomic E-state index is 13.1. The number of hydrogen-bond donors (Lipinski definition) is 1. The molecule has 1 aliphatic carbocycles. The summed E-state index contributed by atoms with van der Waals surface area (Å²) in [5.74, 6) is 2.86. The second-order valence-corrected chi connectivity index (χ2v) is 10.5. The molecule has 1 N–H and O–H groups in total. The maximum Gasteiger partial charge on any atom is 0.227 e. The first-order chi connectivity index (χ1) is 17.5. The van der Waals surface area contributed by atoms with Crippen LogP contribution in [-0.4, -0.2) is 32.9 Å². The van der Waals surface area contributed by atoms with Gasteiger partial charge in [-0.2, -0.15) is 4.98 Å². The summed E-state index contributed by atoms with van der Waals surface area (Å²) in [6.45, 7) is 4.77. The van der Waals surface area contributed by atoms with Crippen molar-refractivity contribution in [3.8, 4) is 11.5 Å². The predicted molar refractivity (Wildman–Crippen MR) is 142 cm³/mol. The minimum Gasteiger partial charge on any atom is -0.490 e. The smallest absolute Gasteiger partial charge is 0.227 e. The Balaban J connectivity index is 1.51. The number of Topliss-reactive ketones (excluding diaryl/α,β-unsaturated/α-hetero) is 1. The van der Waals surface area contributed by atoms with Gasteiger partial charge in [-0.25, -0.2) is 4.68 Å². The monoisotopic (exact) mass is 544 g/mol. The van der Waals surface area contributed by atoms with Gasteiger partial charge in [0, 0.05) is 17.7 Å². The Morgan fingerprint density at radius 2 is 1.94 bits per heavy atom. The van der Waals surface area contributed by atoms with Gasteiger partial charge in [-0.05, 0) is 60.9 Å². The topological polar surface area (TPSA) is 78.3 Å². The van der Waals surface area contributed by atoms with E-state index in [0.717, 1.165) is 41.0 Å². The summed E-state index contributed by atoms with van der Waals surface area (Å²) >= 11 is 13.8. The Morgan fingerprint density at radius 3 is 2.72 bits per heavy atom. The number of thioether (sulfide) groups is 1. The Morgan fingerprint density at radius 1 is 1.08 bits per heavy atom. The van der Waals surface area contributed by atoms with E-state index in [4.69, 9.17) is 37.8 Å². The fourth-order valence-corrected chi connectivity index (χ4v) is 5.38. The van der Waals surface area contributed by atoms with Crippen LogP contribution in [0.5, 0.6) is 11.5 Å². The van der Waals surface area contributed by atoms with E-state index in [0.29, 0.717) is 52.3 Å². The first-order valence-corrected chi connectivity index (χ1v) is 13.7. The Hall–Kier alpha value is -2.68. The van der Waals surface area contributed by atoms with Gasteiger partial charge < -0.3 is 14.8 Å². The summed E-state index contributed by atoms with van der Waals surface area (Å²) in [4.78, 5) is 17.8. The van der Waals surface area contributed by atoms with E-state index in [1.54, 1.807) is 23.9 Å². The summed E-state index contributed by atoms with van der Waals surface area (Å²) in [7, 11) is 0. The van der Waals surface area contributed by atoms with Crippen molar-refractivity contribution in [1.82, 2.24) is 14.8 Å². The number of allylic oxidation sites excluding steroid dienone is 2. The zero-order chi connectivity index (χ0) is 25.2. The molecule has 0 saturated heterocycles. The normalized spacial score (nSPS) is 16.9. The number of halogens is 2. The second-order valence-electron chi connectivity index (χ2n) is 8.47. The zero-order valence-corrected chi connectivity index (χ0v) is 22.3. The van der Waals surface area contributed by atoms with Gasteiger partial charge >= 0.3 is 0 Å². The molecular weight excluding hydrogens is 519 g/mol. The molecule has 1 unspecified atom stereocenters. The largest absolute Gasteiger partial charge is 0.490 e. The molecule has 0 spiro atoms. The van der Waals surface area contributed by atoms with Crippen LogP contribution in [0.2, 0.25) is 10.0 Å². The van der Waals surface area contributed by atoms with Crippen LogP contribution >= 0.6 is 35.0 Å². The molecule has 188 valence electrons. The fourth-order valence-electron chi connectivity index (χ4n) is 4.51. The van der Waals surface area contributed by atoms with Gasteiger partial charge in [-0.3, -0.25) is 4.79 Å². The molecule has 7 nitrogen and oxygen atoms in total. The van der Waals surface area contributed by atoms with Crippen molar-refractivity contribution in [2.24, 2.45) is 0 Å². The Kier molecular flexibility index (Phi) is 7.46. The maximum absolute atomic E-state index is 13.1. The summed E-state index contributed by atoms with van der Waals surface area (Å²) < 4.78 is 13.9. The van der Waals surface area contributed by atoms with Crippen LogP contribution in [0.15, 0.2) is 52.8 Å². The summed E-state index contributed by atoms with van der Waals surface area (Å²) in [5.41, 5.74) is 3.47. The molecule has 0 saturated carbocycles. The van der Waals surface area contributed by atoms with Crippen molar-refractivity contribution < 1.29 is 14.3 Å². The number of ketones is 1. The Bertz CT molecular complexity index is 1340. The Labute approximate surface area is 224 Å². The van der Waals surface area contributed by atoms with E-state index in [1.807, 2.05) is 35.9 Å². The van der Waals surface area contributed by atoms with Crippen LogP contribution < -0.4 is 14.8 Å². The van der Waals surface area contributed by atoms with Crippen LogP contribution in [-0.2, 0) is 11.4 Å². The van der Waals surface area contributed by atoms with Crippen LogP contribution in [0.25, 0.3) is 0 Å². The van der Waals surface area contributed by atoms with E-state index >= 15 is 0 Å². The second kappa shape index (κ2) is 10.7. The third-order valence-electron chi connectivity index (χ3n) is 6.08. The van der Waals surface area contributed by atoms with E-state index in [1.165, 1.54) is 0 Å². The van der Waals surface area contributed by atoms with Crippen LogP contribution in [0.1, 0.15) is 50.3 Å². The van der Waals surface area contributed by atoms with E-state index in [-0.39, 0.29) is 11.8 Å². The molecule has 0 fully saturated rings.